The third kappa shape index (κ3) is 1.69. The van der Waals surface area contributed by atoms with Gasteiger partial charge in [-0.25, -0.2) is 4.79 Å². The van der Waals surface area contributed by atoms with Gasteiger partial charge in [-0.3, -0.25) is 0 Å². The first-order chi connectivity index (χ1) is 6.77. The molecule has 0 spiro atoms. The number of aryl methyl sites for hydroxylation is 1. The van der Waals surface area contributed by atoms with Crippen molar-refractivity contribution in [3.63, 3.8) is 0 Å². The second-order valence-corrected chi connectivity index (χ2v) is 3.52. The van der Waals surface area contributed by atoms with E-state index in [1.54, 1.807) is 0 Å². The Hall–Kier alpha value is -1.57. The second kappa shape index (κ2) is 3.66. The zero-order valence-corrected chi connectivity index (χ0v) is 7.86. The molecule has 0 atom stereocenters. The fraction of sp³-hybridized carbons (Fsp3) is 0.250. The number of hydrogen-bond acceptors (Lipinski definition) is 1. The van der Waals surface area contributed by atoms with Gasteiger partial charge in [0.2, 0.25) is 0 Å². The molecule has 2 nitrogen and oxygen atoms in total. The van der Waals surface area contributed by atoms with E-state index in [1.807, 2.05) is 18.2 Å². The molecule has 2 heteroatoms. The molecule has 0 amide bonds. The van der Waals surface area contributed by atoms with Gasteiger partial charge in [0.25, 0.3) is 0 Å². The van der Waals surface area contributed by atoms with Gasteiger partial charge in [0, 0.05) is 6.08 Å². The van der Waals surface area contributed by atoms with Crippen LogP contribution in [0.2, 0.25) is 0 Å². The number of rotatable bonds is 1. The van der Waals surface area contributed by atoms with E-state index < -0.39 is 5.97 Å². The fourth-order valence-corrected chi connectivity index (χ4v) is 1.95. The molecule has 1 aliphatic carbocycles. The number of carboxylic acids is 1. The highest BCUT2D eigenvalue weighted by Crippen LogP contribution is 2.30. The zero-order chi connectivity index (χ0) is 9.97. The summed E-state index contributed by atoms with van der Waals surface area (Å²) in [7, 11) is 0. The summed E-state index contributed by atoms with van der Waals surface area (Å²) in [5.41, 5.74) is 3.34. The highest BCUT2D eigenvalue weighted by atomic mass is 16.4. The van der Waals surface area contributed by atoms with Crippen molar-refractivity contribution >= 4 is 11.5 Å². The maximum Gasteiger partial charge on any atom is 0.328 e. The van der Waals surface area contributed by atoms with E-state index in [9.17, 15) is 4.79 Å². The SMILES string of the molecule is O=C(O)/C=C1\CCCc2ccccc21. The van der Waals surface area contributed by atoms with Crippen LogP contribution in [0.3, 0.4) is 0 Å². The molecule has 0 heterocycles. The number of fused-ring (bicyclic) bond motifs is 1. The summed E-state index contributed by atoms with van der Waals surface area (Å²) in [6.45, 7) is 0. The summed E-state index contributed by atoms with van der Waals surface area (Å²) in [4.78, 5) is 10.6. The Bertz CT molecular complexity index is 391. The van der Waals surface area contributed by atoms with Crippen LogP contribution in [-0.2, 0) is 11.2 Å². The quantitative estimate of drug-likeness (QED) is 0.687. The largest absolute Gasteiger partial charge is 0.478 e. The van der Waals surface area contributed by atoms with Crippen LogP contribution in [0.15, 0.2) is 30.3 Å². The average molecular weight is 188 g/mol. The Morgan fingerprint density at radius 2 is 2.07 bits per heavy atom. The molecule has 1 N–H and O–H groups in total. The van der Waals surface area contributed by atoms with Crippen LogP contribution in [0.25, 0.3) is 5.57 Å². The van der Waals surface area contributed by atoms with Gasteiger partial charge in [-0.15, -0.1) is 0 Å². The van der Waals surface area contributed by atoms with Crippen molar-refractivity contribution in [1.29, 1.82) is 0 Å². The van der Waals surface area contributed by atoms with E-state index >= 15 is 0 Å². The van der Waals surface area contributed by atoms with Crippen LogP contribution in [-0.4, -0.2) is 11.1 Å². The maximum atomic E-state index is 10.6. The summed E-state index contributed by atoms with van der Waals surface area (Å²) < 4.78 is 0. The molecule has 0 unspecified atom stereocenters. The van der Waals surface area contributed by atoms with Gasteiger partial charge in [0.05, 0.1) is 0 Å². The molecule has 0 bridgehead atoms. The van der Waals surface area contributed by atoms with Crippen LogP contribution < -0.4 is 0 Å². The Kier molecular flexibility index (Phi) is 2.35. The Labute approximate surface area is 82.9 Å². The van der Waals surface area contributed by atoms with Gasteiger partial charge in [-0.1, -0.05) is 24.3 Å². The number of benzene rings is 1. The summed E-state index contributed by atoms with van der Waals surface area (Å²) >= 11 is 0. The van der Waals surface area contributed by atoms with Crippen molar-refractivity contribution in [2.75, 3.05) is 0 Å². The molecular weight excluding hydrogens is 176 g/mol. The lowest BCUT2D eigenvalue weighted by molar-refractivity contribution is -0.131. The molecule has 0 saturated carbocycles. The lowest BCUT2D eigenvalue weighted by atomic mass is 9.87. The summed E-state index contributed by atoms with van der Waals surface area (Å²) in [5, 5.41) is 8.71. The number of aliphatic carboxylic acids is 1. The molecule has 1 aromatic rings. The van der Waals surface area contributed by atoms with Crippen molar-refractivity contribution < 1.29 is 9.90 Å². The molecular formula is C12H12O2. The average Bonchev–Trinajstić information content (AvgIpc) is 2.18. The third-order valence-electron chi connectivity index (χ3n) is 2.55. The third-order valence-corrected chi connectivity index (χ3v) is 2.55. The van der Waals surface area contributed by atoms with Gasteiger partial charge in [-0.05, 0) is 36.0 Å². The van der Waals surface area contributed by atoms with Crippen LogP contribution >= 0.6 is 0 Å². The predicted octanol–water partition coefficient (Wildman–Crippen LogP) is 2.49. The number of allylic oxidation sites excluding steroid dienone is 1. The lowest BCUT2D eigenvalue weighted by Gasteiger charge is -2.17. The Morgan fingerprint density at radius 1 is 1.29 bits per heavy atom. The molecule has 0 saturated heterocycles. The highest BCUT2D eigenvalue weighted by molar-refractivity contribution is 5.90. The topological polar surface area (TPSA) is 37.3 Å². The van der Waals surface area contributed by atoms with Gasteiger partial charge < -0.3 is 5.11 Å². The van der Waals surface area contributed by atoms with Crippen molar-refractivity contribution in [1.82, 2.24) is 0 Å². The van der Waals surface area contributed by atoms with Crippen LogP contribution in [0.1, 0.15) is 24.0 Å². The van der Waals surface area contributed by atoms with Crippen LogP contribution in [0.5, 0.6) is 0 Å². The van der Waals surface area contributed by atoms with Gasteiger partial charge >= 0.3 is 5.97 Å². The first kappa shape index (κ1) is 9.00. The van der Waals surface area contributed by atoms with E-state index in [0.29, 0.717) is 0 Å². The molecule has 1 aliphatic rings. The van der Waals surface area contributed by atoms with Crippen molar-refractivity contribution in [3.8, 4) is 0 Å². The van der Waals surface area contributed by atoms with Crippen molar-refractivity contribution in [3.05, 3.63) is 41.5 Å². The van der Waals surface area contributed by atoms with Gasteiger partial charge in [-0.2, -0.15) is 0 Å². The first-order valence-corrected chi connectivity index (χ1v) is 4.79. The van der Waals surface area contributed by atoms with Crippen molar-refractivity contribution in [2.45, 2.75) is 19.3 Å². The standard InChI is InChI=1S/C12H12O2/c13-12(14)8-10-6-3-5-9-4-1-2-7-11(9)10/h1-2,4,7-8H,3,5-6H2,(H,13,14)/b10-8+. The number of hydrogen-bond donors (Lipinski definition) is 1. The molecule has 0 radical (unpaired) electrons. The van der Waals surface area contributed by atoms with E-state index in [2.05, 4.69) is 6.07 Å². The lowest BCUT2D eigenvalue weighted by Crippen LogP contribution is -2.03. The minimum Gasteiger partial charge on any atom is -0.478 e. The van der Waals surface area contributed by atoms with E-state index in [0.717, 1.165) is 30.4 Å². The monoisotopic (exact) mass is 188 g/mol. The molecule has 2 rings (SSSR count). The summed E-state index contributed by atoms with van der Waals surface area (Å²) in [5.74, 6) is -0.850. The highest BCUT2D eigenvalue weighted by Gasteiger charge is 2.13. The molecule has 72 valence electrons. The van der Waals surface area contributed by atoms with E-state index in [4.69, 9.17) is 5.11 Å². The van der Waals surface area contributed by atoms with Gasteiger partial charge in [0.1, 0.15) is 0 Å². The maximum absolute atomic E-state index is 10.6. The minimum atomic E-state index is -0.850. The zero-order valence-electron chi connectivity index (χ0n) is 7.86. The fourth-order valence-electron chi connectivity index (χ4n) is 1.95. The van der Waals surface area contributed by atoms with Gasteiger partial charge in [0.15, 0.2) is 0 Å². The van der Waals surface area contributed by atoms with Crippen LogP contribution in [0, 0.1) is 0 Å². The molecule has 1 aromatic carbocycles. The smallest absolute Gasteiger partial charge is 0.328 e. The van der Waals surface area contributed by atoms with E-state index in [-0.39, 0.29) is 0 Å². The second-order valence-electron chi connectivity index (χ2n) is 3.52. The van der Waals surface area contributed by atoms with E-state index in [1.165, 1.54) is 11.6 Å². The Morgan fingerprint density at radius 3 is 2.86 bits per heavy atom. The predicted molar refractivity (Wildman–Crippen MR) is 55.0 cm³/mol. The molecule has 0 aliphatic heterocycles. The normalized spacial score (nSPS) is 17.9. The Balaban J connectivity index is 2.45. The summed E-state index contributed by atoms with van der Waals surface area (Å²) in [6, 6.07) is 8.04. The van der Waals surface area contributed by atoms with Crippen LogP contribution in [0.4, 0.5) is 0 Å². The number of carbonyl (C=O) groups is 1. The molecule has 0 fully saturated rings. The minimum absolute atomic E-state index is 0.850. The molecule has 0 aromatic heterocycles. The first-order valence-electron chi connectivity index (χ1n) is 4.79. The molecule has 14 heavy (non-hydrogen) atoms. The number of carboxylic acid groups (broad SMARTS) is 1. The van der Waals surface area contributed by atoms with Crippen molar-refractivity contribution in [2.24, 2.45) is 0 Å². The summed E-state index contributed by atoms with van der Waals surface area (Å²) in [6.07, 6.45) is 4.32.